The number of hydrogen-bond donors (Lipinski definition) is 2. The van der Waals surface area contributed by atoms with Gasteiger partial charge in [-0.25, -0.2) is 4.98 Å². The van der Waals surface area contributed by atoms with Gasteiger partial charge in [0.05, 0.1) is 11.5 Å². The highest BCUT2D eigenvalue weighted by atomic mass is 16.5. The van der Waals surface area contributed by atoms with E-state index in [1.54, 1.807) is 18.3 Å². The fraction of sp³-hybridized carbons (Fsp3) is 0.611. The molecule has 0 radical (unpaired) electrons. The molecule has 0 spiro atoms. The Balaban J connectivity index is 1.49. The van der Waals surface area contributed by atoms with Gasteiger partial charge in [-0.3, -0.25) is 9.59 Å². The number of ether oxygens (including phenoxy) is 1. The molecular weight excluding hydrogens is 308 g/mol. The topological polar surface area (TPSA) is 88.5 Å². The molecule has 2 saturated carbocycles. The number of carboxylic acid groups (broad SMARTS) is 1. The lowest BCUT2D eigenvalue weighted by atomic mass is 9.86. The number of aromatic nitrogens is 1. The third kappa shape index (κ3) is 4.24. The smallest absolute Gasteiger partial charge is 0.306 e. The maximum Gasteiger partial charge on any atom is 0.306 e. The Morgan fingerprint density at radius 2 is 1.79 bits per heavy atom. The third-order valence-electron chi connectivity index (χ3n) is 5.00. The van der Waals surface area contributed by atoms with Gasteiger partial charge in [0.1, 0.15) is 6.10 Å². The van der Waals surface area contributed by atoms with Crippen LogP contribution in [0.3, 0.4) is 0 Å². The number of carbonyl (C=O) groups is 2. The van der Waals surface area contributed by atoms with Gasteiger partial charge in [0.25, 0.3) is 5.91 Å². The number of carbonyl (C=O) groups excluding carboxylic acids is 1. The Labute approximate surface area is 141 Å². The number of pyridine rings is 1. The first-order chi connectivity index (χ1) is 11.6. The summed E-state index contributed by atoms with van der Waals surface area (Å²) in [6, 6.07) is 3.52. The summed E-state index contributed by atoms with van der Waals surface area (Å²) in [5, 5.41) is 12.0. The highest BCUT2D eigenvalue weighted by Crippen LogP contribution is 2.25. The Kier molecular flexibility index (Phi) is 5.33. The molecule has 0 saturated heterocycles. The number of nitrogens with zero attached hydrogens (tertiary/aromatic N) is 1. The Bertz CT molecular complexity index is 573. The maximum absolute atomic E-state index is 12.3. The van der Waals surface area contributed by atoms with Crippen molar-refractivity contribution in [1.29, 1.82) is 0 Å². The summed E-state index contributed by atoms with van der Waals surface area (Å²) in [5.41, 5.74) is 0.508. The van der Waals surface area contributed by atoms with Gasteiger partial charge in [-0.15, -0.1) is 0 Å². The number of aliphatic carboxylic acids is 1. The van der Waals surface area contributed by atoms with Gasteiger partial charge >= 0.3 is 5.97 Å². The average Bonchev–Trinajstić information content (AvgIpc) is 3.09. The Hall–Kier alpha value is -2.11. The molecule has 0 atom stereocenters. The van der Waals surface area contributed by atoms with Crippen molar-refractivity contribution < 1.29 is 19.4 Å². The minimum absolute atomic E-state index is 0.0440. The van der Waals surface area contributed by atoms with Crippen molar-refractivity contribution in [1.82, 2.24) is 10.3 Å². The standard InChI is InChI=1S/C18H24N2O4/c21-17(20-14-8-5-12(6-9-14)18(22)23)13-7-10-16(19-11-13)24-15-3-1-2-4-15/h7,10-12,14-15H,1-6,8-9H2,(H,20,21)(H,22,23). The fourth-order valence-corrected chi connectivity index (χ4v) is 3.51. The SMILES string of the molecule is O=C(NC1CCC(C(=O)O)CC1)c1ccc(OC2CCCC2)nc1. The minimum atomic E-state index is -0.734. The molecule has 0 bridgehead atoms. The molecule has 0 unspecified atom stereocenters. The summed E-state index contributed by atoms with van der Waals surface area (Å²) in [5.74, 6) is -0.595. The van der Waals surface area contributed by atoms with Crippen LogP contribution in [0.4, 0.5) is 0 Å². The zero-order chi connectivity index (χ0) is 16.9. The zero-order valence-electron chi connectivity index (χ0n) is 13.7. The van der Waals surface area contributed by atoms with E-state index in [4.69, 9.17) is 9.84 Å². The lowest BCUT2D eigenvalue weighted by Crippen LogP contribution is -2.38. The van der Waals surface area contributed by atoms with Crippen LogP contribution in [0.15, 0.2) is 18.3 Å². The van der Waals surface area contributed by atoms with Crippen molar-refractivity contribution in [2.75, 3.05) is 0 Å². The molecule has 2 fully saturated rings. The fourth-order valence-electron chi connectivity index (χ4n) is 3.51. The largest absolute Gasteiger partial charge is 0.481 e. The molecule has 1 aromatic heterocycles. The molecule has 24 heavy (non-hydrogen) atoms. The third-order valence-corrected chi connectivity index (χ3v) is 5.00. The molecule has 0 aliphatic heterocycles. The van der Waals surface area contributed by atoms with Crippen LogP contribution in [0.2, 0.25) is 0 Å². The van der Waals surface area contributed by atoms with E-state index in [0.717, 1.165) is 12.8 Å². The van der Waals surface area contributed by atoms with Crippen LogP contribution in [0, 0.1) is 5.92 Å². The van der Waals surface area contributed by atoms with Crippen molar-refractivity contribution in [3.8, 4) is 5.88 Å². The van der Waals surface area contributed by atoms with E-state index in [2.05, 4.69) is 10.3 Å². The van der Waals surface area contributed by atoms with Gasteiger partial charge in [-0.05, 0) is 57.4 Å². The van der Waals surface area contributed by atoms with Crippen molar-refractivity contribution in [3.63, 3.8) is 0 Å². The summed E-state index contributed by atoms with van der Waals surface area (Å²) in [6.45, 7) is 0. The molecule has 2 N–H and O–H groups in total. The van der Waals surface area contributed by atoms with Crippen LogP contribution in [-0.2, 0) is 4.79 Å². The second-order valence-electron chi connectivity index (χ2n) is 6.77. The van der Waals surface area contributed by atoms with Gasteiger partial charge in [0.15, 0.2) is 0 Å². The highest BCUT2D eigenvalue weighted by molar-refractivity contribution is 5.94. The van der Waals surface area contributed by atoms with Crippen molar-refractivity contribution in [2.45, 2.75) is 63.5 Å². The van der Waals surface area contributed by atoms with E-state index >= 15 is 0 Å². The summed E-state index contributed by atoms with van der Waals surface area (Å²) < 4.78 is 5.80. The van der Waals surface area contributed by atoms with Crippen molar-refractivity contribution in [3.05, 3.63) is 23.9 Å². The second kappa shape index (κ2) is 7.64. The van der Waals surface area contributed by atoms with Crippen LogP contribution < -0.4 is 10.1 Å². The molecule has 6 nitrogen and oxygen atoms in total. The van der Waals surface area contributed by atoms with E-state index in [9.17, 15) is 9.59 Å². The molecule has 130 valence electrons. The lowest BCUT2D eigenvalue weighted by molar-refractivity contribution is -0.142. The summed E-state index contributed by atoms with van der Waals surface area (Å²) in [7, 11) is 0. The number of carboxylic acids is 1. The van der Waals surface area contributed by atoms with E-state index in [0.29, 0.717) is 37.1 Å². The Morgan fingerprint density at radius 3 is 2.38 bits per heavy atom. The molecule has 6 heteroatoms. The first-order valence-electron chi connectivity index (χ1n) is 8.78. The van der Waals surface area contributed by atoms with E-state index < -0.39 is 5.97 Å². The molecule has 3 rings (SSSR count). The maximum atomic E-state index is 12.3. The molecule has 1 aromatic rings. The van der Waals surface area contributed by atoms with Gasteiger partial charge in [0, 0.05) is 18.3 Å². The van der Waals surface area contributed by atoms with Crippen molar-refractivity contribution in [2.24, 2.45) is 5.92 Å². The van der Waals surface area contributed by atoms with Gasteiger partial charge in [-0.1, -0.05) is 0 Å². The number of rotatable bonds is 5. The first kappa shape index (κ1) is 16.7. The monoisotopic (exact) mass is 332 g/mol. The average molecular weight is 332 g/mol. The van der Waals surface area contributed by atoms with E-state index in [1.165, 1.54) is 12.8 Å². The summed E-state index contributed by atoms with van der Waals surface area (Å²) >= 11 is 0. The summed E-state index contributed by atoms with van der Waals surface area (Å²) in [4.78, 5) is 27.5. The molecule has 0 aromatic carbocycles. The number of hydrogen-bond acceptors (Lipinski definition) is 4. The van der Waals surface area contributed by atoms with E-state index in [-0.39, 0.29) is 24.0 Å². The minimum Gasteiger partial charge on any atom is -0.481 e. The lowest BCUT2D eigenvalue weighted by Gasteiger charge is -2.26. The van der Waals surface area contributed by atoms with Gasteiger partial charge < -0.3 is 15.2 Å². The van der Waals surface area contributed by atoms with Crippen LogP contribution in [0.1, 0.15) is 61.7 Å². The van der Waals surface area contributed by atoms with Crippen molar-refractivity contribution >= 4 is 11.9 Å². The molecule has 2 aliphatic carbocycles. The van der Waals surface area contributed by atoms with Gasteiger partial charge in [-0.2, -0.15) is 0 Å². The van der Waals surface area contributed by atoms with Crippen LogP contribution in [0.25, 0.3) is 0 Å². The quantitative estimate of drug-likeness (QED) is 0.865. The number of nitrogens with one attached hydrogen (secondary N) is 1. The zero-order valence-corrected chi connectivity index (χ0v) is 13.7. The molecule has 2 aliphatic rings. The normalized spacial score (nSPS) is 24.5. The van der Waals surface area contributed by atoms with E-state index in [1.807, 2.05) is 0 Å². The van der Waals surface area contributed by atoms with Crippen LogP contribution in [-0.4, -0.2) is 34.1 Å². The predicted molar refractivity (Wildman–Crippen MR) is 88.0 cm³/mol. The van der Waals surface area contributed by atoms with Crippen LogP contribution in [0.5, 0.6) is 5.88 Å². The Morgan fingerprint density at radius 1 is 1.08 bits per heavy atom. The molecular formula is C18H24N2O4. The molecule has 1 amide bonds. The van der Waals surface area contributed by atoms with Gasteiger partial charge in [0.2, 0.25) is 5.88 Å². The predicted octanol–water partition coefficient (Wildman–Crippen LogP) is 2.78. The highest BCUT2D eigenvalue weighted by Gasteiger charge is 2.27. The summed E-state index contributed by atoms with van der Waals surface area (Å²) in [6.07, 6.45) is 9.00. The first-order valence-corrected chi connectivity index (χ1v) is 8.78. The van der Waals surface area contributed by atoms with Crippen LogP contribution >= 0.6 is 0 Å². The second-order valence-corrected chi connectivity index (χ2v) is 6.77. The number of amides is 1. The molecule has 1 heterocycles.